The molecule has 0 amide bonds. The van der Waals surface area contributed by atoms with Crippen molar-refractivity contribution in [2.24, 2.45) is 0 Å². The standard InChI is InChI=1S/C13H18ClO/c14-10-6-1-2-7-11-15-12-13-8-4-3-5-9-13/h3-4,8-9H,1-2,6-7,10-12H2. The third-order valence-electron chi connectivity index (χ3n) is 2.21. The molecule has 0 unspecified atom stereocenters. The van der Waals surface area contributed by atoms with E-state index in [4.69, 9.17) is 16.3 Å². The van der Waals surface area contributed by atoms with Crippen LogP contribution in [-0.4, -0.2) is 12.5 Å². The van der Waals surface area contributed by atoms with Crippen LogP contribution in [0.4, 0.5) is 0 Å². The number of hydrogen-bond acceptors (Lipinski definition) is 1. The zero-order valence-corrected chi connectivity index (χ0v) is 9.80. The molecule has 2 heteroatoms. The number of alkyl halides is 1. The molecule has 1 aromatic carbocycles. The van der Waals surface area contributed by atoms with Crippen LogP contribution in [0.2, 0.25) is 0 Å². The SMILES string of the molecule is ClCCCCCCOCc1c[c]ccc1. The Morgan fingerprint density at radius 2 is 2.07 bits per heavy atom. The van der Waals surface area contributed by atoms with Crippen molar-refractivity contribution in [1.82, 2.24) is 0 Å². The molecule has 0 fully saturated rings. The molecule has 0 heterocycles. The van der Waals surface area contributed by atoms with Gasteiger partial charge in [0.2, 0.25) is 0 Å². The van der Waals surface area contributed by atoms with E-state index in [1.54, 1.807) is 0 Å². The lowest BCUT2D eigenvalue weighted by Crippen LogP contribution is -1.95. The minimum Gasteiger partial charge on any atom is -0.377 e. The summed E-state index contributed by atoms with van der Waals surface area (Å²) in [7, 11) is 0. The van der Waals surface area contributed by atoms with E-state index < -0.39 is 0 Å². The van der Waals surface area contributed by atoms with Gasteiger partial charge in [0.25, 0.3) is 0 Å². The second kappa shape index (κ2) is 8.75. The van der Waals surface area contributed by atoms with Crippen molar-refractivity contribution in [3.63, 3.8) is 0 Å². The molecule has 0 saturated heterocycles. The van der Waals surface area contributed by atoms with Crippen molar-refractivity contribution in [2.75, 3.05) is 12.5 Å². The van der Waals surface area contributed by atoms with Gasteiger partial charge >= 0.3 is 0 Å². The molecule has 83 valence electrons. The lowest BCUT2D eigenvalue weighted by atomic mass is 10.2. The summed E-state index contributed by atoms with van der Waals surface area (Å²) in [6, 6.07) is 10.9. The maximum Gasteiger partial charge on any atom is 0.0717 e. The van der Waals surface area contributed by atoms with Crippen molar-refractivity contribution in [3.8, 4) is 0 Å². The predicted octanol–water partition coefficient (Wildman–Crippen LogP) is 3.80. The van der Waals surface area contributed by atoms with E-state index in [9.17, 15) is 0 Å². The quantitative estimate of drug-likeness (QED) is 0.483. The Morgan fingerprint density at radius 3 is 2.80 bits per heavy atom. The number of ether oxygens (including phenoxy) is 1. The van der Waals surface area contributed by atoms with Gasteiger partial charge in [-0.1, -0.05) is 31.0 Å². The van der Waals surface area contributed by atoms with Crippen LogP contribution in [0.25, 0.3) is 0 Å². The fraction of sp³-hybridized carbons (Fsp3) is 0.538. The van der Waals surface area contributed by atoms with Crippen LogP contribution in [0.5, 0.6) is 0 Å². The summed E-state index contributed by atoms with van der Waals surface area (Å²) in [4.78, 5) is 0. The van der Waals surface area contributed by atoms with Gasteiger partial charge in [-0.15, -0.1) is 11.6 Å². The number of hydrogen-bond donors (Lipinski definition) is 0. The molecule has 0 aromatic heterocycles. The molecule has 0 aliphatic rings. The van der Waals surface area contributed by atoms with Gasteiger partial charge < -0.3 is 4.74 Å². The topological polar surface area (TPSA) is 9.23 Å². The summed E-state index contributed by atoms with van der Waals surface area (Å²) in [6.45, 7) is 1.55. The van der Waals surface area contributed by atoms with Gasteiger partial charge in [0.15, 0.2) is 0 Å². The Hall–Kier alpha value is -0.530. The lowest BCUT2D eigenvalue weighted by Gasteiger charge is -2.03. The zero-order chi connectivity index (χ0) is 10.8. The molecule has 0 aliphatic carbocycles. The number of halogens is 1. The smallest absolute Gasteiger partial charge is 0.0717 e. The summed E-state index contributed by atoms with van der Waals surface area (Å²) in [5, 5.41) is 0. The highest BCUT2D eigenvalue weighted by atomic mass is 35.5. The molecule has 0 spiro atoms. The first-order valence-electron chi connectivity index (χ1n) is 5.52. The van der Waals surface area contributed by atoms with E-state index in [0.29, 0.717) is 6.61 Å². The minimum atomic E-state index is 0.701. The van der Waals surface area contributed by atoms with Crippen LogP contribution in [0.3, 0.4) is 0 Å². The molecule has 0 atom stereocenters. The van der Waals surface area contributed by atoms with E-state index in [1.807, 2.05) is 18.2 Å². The van der Waals surface area contributed by atoms with E-state index in [2.05, 4.69) is 12.1 Å². The van der Waals surface area contributed by atoms with Crippen molar-refractivity contribution in [3.05, 3.63) is 35.9 Å². The highest BCUT2D eigenvalue weighted by Gasteiger charge is 1.92. The summed E-state index contributed by atoms with van der Waals surface area (Å²) in [5.74, 6) is 0.778. The van der Waals surface area contributed by atoms with E-state index in [0.717, 1.165) is 25.3 Å². The normalized spacial score (nSPS) is 10.5. The Morgan fingerprint density at radius 1 is 1.20 bits per heavy atom. The van der Waals surface area contributed by atoms with Crippen molar-refractivity contribution in [2.45, 2.75) is 32.3 Å². The first kappa shape index (κ1) is 12.5. The Labute approximate surface area is 97.4 Å². The molecule has 15 heavy (non-hydrogen) atoms. The fourth-order valence-corrected chi connectivity index (χ4v) is 1.55. The predicted molar refractivity (Wildman–Crippen MR) is 64.1 cm³/mol. The molecule has 0 aliphatic heterocycles. The largest absolute Gasteiger partial charge is 0.377 e. The summed E-state index contributed by atoms with van der Waals surface area (Å²) < 4.78 is 5.55. The number of rotatable bonds is 8. The van der Waals surface area contributed by atoms with Gasteiger partial charge in [0, 0.05) is 12.5 Å². The van der Waals surface area contributed by atoms with Gasteiger partial charge in [0.05, 0.1) is 6.61 Å². The molecule has 1 rings (SSSR count). The van der Waals surface area contributed by atoms with Crippen molar-refractivity contribution < 1.29 is 4.74 Å². The average molecular weight is 226 g/mol. The van der Waals surface area contributed by atoms with Crippen LogP contribution >= 0.6 is 11.6 Å². The second-order valence-corrected chi connectivity index (χ2v) is 3.95. The highest BCUT2D eigenvalue weighted by molar-refractivity contribution is 6.17. The van der Waals surface area contributed by atoms with Gasteiger partial charge in [-0.3, -0.25) is 0 Å². The Kier molecular flexibility index (Phi) is 7.32. The number of unbranched alkanes of at least 4 members (excludes halogenated alkanes) is 3. The van der Waals surface area contributed by atoms with Crippen LogP contribution < -0.4 is 0 Å². The summed E-state index contributed by atoms with van der Waals surface area (Å²) in [6.07, 6.45) is 4.68. The van der Waals surface area contributed by atoms with Gasteiger partial charge in [0.1, 0.15) is 0 Å². The van der Waals surface area contributed by atoms with E-state index >= 15 is 0 Å². The van der Waals surface area contributed by atoms with Crippen molar-refractivity contribution in [1.29, 1.82) is 0 Å². The van der Waals surface area contributed by atoms with Crippen LogP contribution in [0.15, 0.2) is 24.3 Å². The summed E-state index contributed by atoms with van der Waals surface area (Å²) >= 11 is 5.59. The maximum atomic E-state index is 5.59. The molecule has 0 bridgehead atoms. The van der Waals surface area contributed by atoms with E-state index in [-0.39, 0.29) is 0 Å². The van der Waals surface area contributed by atoms with Crippen LogP contribution in [-0.2, 0) is 11.3 Å². The third kappa shape index (κ3) is 6.53. The molecular formula is C13H18ClO. The average Bonchev–Trinajstić information content (AvgIpc) is 2.29. The highest BCUT2D eigenvalue weighted by Crippen LogP contribution is 2.04. The minimum absolute atomic E-state index is 0.701. The third-order valence-corrected chi connectivity index (χ3v) is 2.48. The fourth-order valence-electron chi connectivity index (χ4n) is 1.36. The molecule has 0 saturated carbocycles. The first-order valence-corrected chi connectivity index (χ1v) is 6.05. The van der Waals surface area contributed by atoms with Gasteiger partial charge in [-0.2, -0.15) is 0 Å². The lowest BCUT2D eigenvalue weighted by molar-refractivity contribution is 0.117. The Bertz CT molecular complexity index is 236. The molecular weight excluding hydrogens is 208 g/mol. The van der Waals surface area contributed by atoms with Crippen LogP contribution in [0.1, 0.15) is 31.2 Å². The first-order chi connectivity index (χ1) is 7.43. The maximum absolute atomic E-state index is 5.59. The van der Waals surface area contributed by atoms with E-state index in [1.165, 1.54) is 18.4 Å². The Balaban J connectivity index is 1.93. The zero-order valence-electron chi connectivity index (χ0n) is 9.05. The number of benzene rings is 1. The molecule has 1 aromatic rings. The molecule has 0 N–H and O–H groups in total. The second-order valence-electron chi connectivity index (χ2n) is 3.57. The monoisotopic (exact) mass is 225 g/mol. The van der Waals surface area contributed by atoms with Gasteiger partial charge in [-0.05, 0) is 30.5 Å². The van der Waals surface area contributed by atoms with Crippen molar-refractivity contribution >= 4 is 11.6 Å². The molecule has 1 radical (unpaired) electrons. The van der Waals surface area contributed by atoms with Crippen LogP contribution in [0, 0.1) is 6.07 Å². The van der Waals surface area contributed by atoms with Gasteiger partial charge in [-0.25, -0.2) is 0 Å². The summed E-state index contributed by atoms with van der Waals surface area (Å²) in [5.41, 5.74) is 1.19. The molecule has 1 nitrogen and oxygen atoms in total.